The van der Waals surface area contributed by atoms with Gasteiger partial charge >= 0.3 is 0 Å². The lowest BCUT2D eigenvalue weighted by molar-refractivity contribution is 0.0949. The van der Waals surface area contributed by atoms with Crippen LogP contribution in [0.25, 0.3) is 0 Å². The minimum absolute atomic E-state index is 0.114. The molecule has 1 heterocycles. The monoisotopic (exact) mass is 277 g/mol. The Hall–Kier alpha value is -1.51. The van der Waals surface area contributed by atoms with Gasteiger partial charge in [-0.2, -0.15) is 11.8 Å². The van der Waals surface area contributed by atoms with Crippen LogP contribution in [0.3, 0.4) is 0 Å². The molecule has 0 fully saturated rings. The van der Waals surface area contributed by atoms with E-state index in [4.69, 9.17) is 5.73 Å². The molecule has 0 saturated heterocycles. The number of thioether (sulfide) groups is 1. The van der Waals surface area contributed by atoms with E-state index in [1.807, 2.05) is 0 Å². The van der Waals surface area contributed by atoms with Crippen LogP contribution in [0, 0.1) is 17.8 Å². The number of rotatable bonds is 5. The van der Waals surface area contributed by atoms with Crippen molar-refractivity contribution in [1.82, 2.24) is 10.3 Å². The lowest BCUT2D eigenvalue weighted by atomic mass is 10.2. The van der Waals surface area contributed by atoms with Gasteiger partial charge in [0.05, 0.1) is 12.1 Å². The maximum absolute atomic E-state index is 11.9. The summed E-state index contributed by atoms with van der Waals surface area (Å²) in [5.41, 5.74) is 6.54. The summed E-state index contributed by atoms with van der Waals surface area (Å²) in [6.07, 6.45) is 5.22. The van der Waals surface area contributed by atoms with Gasteiger partial charge in [0.25, 0.3) is 5.91 Å². The van der Waals surface area contributed by atoms with Crippen molar-refractivity contribution in [3.8, 4) is 11.8 Å². The van der Waals surface area contributed by atoms with Crippen LogP contribution < -0.4 is 11.1 Å². The Morgan fingerprint density at radius 1 is 1.58 bits per heavy atom. The highest BCUT2D eigenvalue weighted by Gasteiger charge is 2.08. The van der Waals surface area contributed by atoms with Crippen molar-refractivity contribution in [2.45, 2.75) is 6.92 Å². The SMILES string of the molecule is CSCC(C)CNC(=O)c1cncc(C#CCN)c1. The van der Waals surface area contributed by atoms with E-state index in [9.17, 15) is 4.79 Å². The van der Waals surface area contributed by atoms with Crippen molar-refractivity contribution >= 4 is 17.7 Å². The topological polar surface area (TPSA) is 68.0 Å². The van der Waals surface area contributed by atoms with Crippen LogP contribution in [0.2, 0.25) is 0 Å². The summed E-state index contributed by atoms with van der Waals surface area (Å²) in [5.74, 6) is 6.97. The minimum atomic E-state index is -0.114. The van der Waals surface area contributed by atoms with E-state index >= 15 is 0 Å². The van der Waals surface area contributed by atoms with Gasteiger partial charge in [-0.05, 0) is 24.0 Å². The van der Waals surface area contributed by atoms with E-state index < -0.39 is 0 Å². The number of pyridine rings is 1. The molecule has 1 aromatic rings. The van der Waals surface area contributed by atoms with Crippen LogP contribution in [-0.4, -0.2) is 36.0 Å². The number of hydrogen-bond donors (Lipinski definition) is 2. The van der Waals surface area contributed by atoms with E-state index in [2.05, 4.69) is 35.3 Å². The van der Waals surface area contributed by atoms with Crippen molar-refractivity contribution in [3.05, 3.63) is 29.6 Å². The summed E-state index contributed by atoms with van der Waals surface area (Å²) < 4.78 is 0. The third-order valence-electron chi connectivity index (χ3n) is 2.40. The molecule has 1 aromatic heterocycles. The minimum Gasteiger partial charge on any atom is -0.352 e. The number of amides is 1. The summed E-state index contributed by atoms with van der Waals surface area (Å²) in [6.45, 7) is 3.07. The van der Waals surface area contributed by atoms with E-state index in [1.54, 1.807) is 30.2 Å². The molecule has 0 radical (unpaired) electrons. The van der Waals surface area contributed by atoms with Gasteiger partial charge in [-0.25, -0.2) is 0 Å². The van der Waals surface area contributed by atoms with E-state index in [1.165, 1.54) is 0 Å². The molecule has 0 spiro atoms. The lowest BCUT2D eigenvalue weighted by Crippen LogP contribution is -2.29. The zero-order valence-electron chi connectivity index (χ0n) is 11.3. The lowest BCUT2D eigenvalue weighted by Gasteiger charge is -2.11. The highest BCUT2D eigenvalue weighted by atomic mass is 32.2. The Kier molecular flexibility index (Phi) is 7.01. The molecule has 0 aromatic carbocycles. The van der Waals surface area contributed by atoms with Crippen LogP contribution in [0.4, 0.5) is 0 Å². The van der Waals surface area contributed by atoms with Gasteiger partial charge in [0.2, 0.25) is 0 Å². The Labute approximate surface area is 118 Å². The largest absolute Gasteiger partial charge is 0.352 e. The fourth-order valence-electron chi connectivity index (χ4n) is 1.50. The maximum atomic E-state index is 11.9. The van der Waals surface area contributed by atoms with Gasteiger partial charge in [-0.15, -0.1) is 0 Å². The Morgan fingerprint density at radius 2 is 2.37 bits per heavy atom. The summed E-state index contributed by atoms with van der Waals surface area (Å²) in [7, 11) is 0. The van der Waals surface area contributed by atoms with Gasteiger partial charge < -0.3 is 11.1 Å². The molecule has 19 heavy (non-hydrogen) atoms. The zero-order chi connectivity index (χ0) is 14.1. The first-order valence-electron chi connectivity index (χ1n) is 6.08. The summed E-state index contributed by atoms with van der Waals surface area (Å²) in [5, 5.41) is 2.90. The molecular formula is C14H19N3OS. The van der Waals surface area contributed by atoms with E-state index in [0.717, 1.165) is 5.75 Å². The Morgan fingerprint density at radius 3 is 3.05 bits per heavy atom. The number of carbonyl (C=O) groups is 1. The molecule has 5 heteroatoms. The predicted octanol–water partition coefficient (Wildman–Crippen LogP) is 1.12. The second kappa shape index (κ2) is 8.57. The number of aromatic nitrogens is 1. The molecule has 3 N–H and O–H groups in total. The number of hydrogen-bond acceptors (Lipinski definition) is 4. The average Bonchev–Trinajstić information content (AvgIpc) is 2.43. The van der Waals surface area contributed by atoms with Gasteiger partial charge in [0.15, 0.2) is 0 Å². The molecule has 1 atom stereocenters. The molecule has 0 saturated carbocycles. The maximum Gasteiger partial charge on any atom is 0.252 e. The third kappa shape index (κ3) is 5.77. The van der Waals surface area contributed by atoms with E-state index in [-0.39, 0.29) is 5.91 Å². The summed E-state index contributed by atoms with van der Waals surface area (Å²) >= 11 is 1.77. The van der Waals surface area contributed by atoms with Crippen LogP contribution in [0.1, 0.15) is 22.8 Å². The van der Waals surface area contributed by atoms with E-state index in [0.29, 0.717) is 30.1 Å². The molecule has 1 unspecified atom stereocenters. The normalized spacial score (nSPS) is 11.3. The molecule has 4 nitrogen and oxygen atoms in total. The number of nitrogens with two attached hydrogens (primary N) is 1. The Bertz CT molecular complexity index is 479. The quantitative estimate of drug-likeness (QED) is 0.792. The average molecular weight is 277 g/mol. The van der Waals surface area contributed by atoms with Gasteiger partial charge in [0.1, 0.15) is 0 Å². The highest BCUT2D eigenvalue weighted by molar-refractivity contribution is 7.98. The fourth-order valence-corrected chi connectivity index (χ4v) is 2.18. The molecule has 1 rings (SSSR count). The van der Waals surface area contributed by atoms with Crippen molar-refractivity contribution in [1.29, 1.82) is 0 Å². The number of nitrogens with zero attached hydrogens (tertiary/aromatic N) is 1. The van der Waals surface area contributed by atoms with Crippen LogP contribution in [0.15, 0.2) is 18.5 Å². The van der Waals surface area contributed by atoms with Crippen LogP contribution >= 0.6 is 11.8 Å². The molecule has 0 bridgehead atoms. The second-order valence-electron chi connectivity index (χ2n) is 4.24. The van der Waals surface area contributed by atoms with Crippen molar-refractivity contribution in [2.75, 3.05) is 25.1 Å². The van der Waals surface area contributed by atoms with Crippen molar-refractivity contribution < 1.29 is 4.79 Å². The molecular weight excluding hydrogens is 258 g/mol. The van der Waals surface area contributed by atoms with Crippen LogP contribution in [0.5, 0.6) is 0 Å². The van der Waals surface area contributed by atoms with Gasteiger partial charge in [-0.1, -0.05) is 18.8 Å². The number of nitrogens with one attached hydrogen (secondary N) is 1. The summed E-state index contributed by atoms with van der Waals surface area (Å²) in [4.78, 5) is 16.0. The fraction of sp³-hybridized carbons (Fsp3) is 0.429. The van der Waals surface area contributed by atoms with Crippen molar-refractivity contribution in [2.24, 2.45) is 11.7 Å². The first kappa shape index (κ1) is 15.5. The van der Waals surface area contributed by atoms with Gasteiger partial charge in [0, 0.05) is 24.5 Å². The van der Waals surface area contributed by atoms with Crippen LogP contribution in [-0.2, 0) is 0 Å². The predicted molar refractivity (Wildman–Crippen MR) is 80.0 cm³/mol. The number of carbonyl (C=O) groups excluding carboxylic acids is 1. The molecule has 102 valence electrons. The third-order valence-corrected chi connectivity index (χ3v) is 3.30. The van der Waals surface area contributed by atoms with Crippen molar-refractivity contribution in [3.63, 3.8) is 0 Å². The molecule has 0 aliphatic heterocycles. The standard InChI is InChI=1S/C14H19N3OS/c1-11(10-19-2)7-17-14(18)13-6-12(4-3-5-15)8-16-9-13/h6,8-9,11H,5,7,10,15H2,1-2H3,(H,17,18). The molecule has 0 aliphatic rings. The first-order chi connectivity index (χ1) is 9.17. The zero-order valence-corrected chi connectivity index (χ0v) is 12.1. The first-order valence-corrected chi connectivity index (χ1v) is 7.48. The Balaban J connectivity index is 2.61. The highest BCUT2D eigenvalue weighted by Crippen LogP contribution is 2.05. The molecule has 1 amide bonds. The molecule has 0 aliphatic carbocycles. The summed E-state index contributed by atoms with van der Waals surface area (Å²) in [6, 6.07) is 1.73. The second-order valence-corrected chi connectivity index (χ2v) is 5.15. The van der Waals surface area contributed by atoms with Gasteiger partial charge in [-0.3, -0.25) is 9.78 Å². The smallest absolute Gasteiger partial charge is 0.252 e.